The molecule has 0 rings (SSSR count). The number of aliphatic hydroxyl groups excluding tert-OH is 1. The molecule has 0 heterocycles. The quantitative estimate of drug-likeness (QED) is 0.0389. The van der Waals surface area contributed by atoms with Crippen molar-refractivity contribution in [3.05, 3.63) is 0 Å². The standard InChI is InChI=1S/C43H87NO5/c1-4-7-10-13-17-25-30-39-47-42(46)33-26-19-18-22-29-36-44(37-38-45)35-28-21-16-14-15-20-27-34-43(48-40-31-23-11-8-5-2)49-41-32-24-12-9-6-3/h43,45H,4-41H2,1-3H3. The monoisotopic (exact) mass is 698 g/mol. The zero-order valence-electron chi connectivity index (χ0n) is 33.5. The second-order valence-corrected chi connectivity index (χ2v) is 14.7. The number of rotatable bonds is 42. The summed E-state index contributed by atoms with van der Waals surface area (Å²) in [6.45, 7) is 12.3. The topological polar surface area (TPSA) is 68.2 Å². The second-order valence-electron chi connectivity index (χ2n) is 14.7. The van der Waals surface area contributed by atoms with Crippen LogP contribution < -0.4 is 0 Å². The molecule has 0 aromatic rings. The Hall–Kier alpha value is -0.690. The van der Waals surface area contributed by atoms with E-state index in [1.54, 1.807) is 0 Å². The first-order valence-electron chi connectivity index (χ1n) is 21.9. The maximum absolute atomic E-state index is 12.0. The fourth-order valence-electron chi connectivity index (χ4n) is 6.52. The predicted octanol–water partition coefficient (Wildman–Crippen LogP) is 12.3. The highest BCUT2D eigenvalue weighted by molar-refractivity contribution is 5.69. The summed E-state index contributed by atoms with van der Waals surface area (Å²) in [6.07, 6.45) is 37.5. The lowest BCUT2D eigenvalue weighted by Crippen LogP contribution is -2.29. The zero-order valence-corrected chi connectivity index (χ0v) is 33.5. The van der Waals surface area contributed by atoms with E-state index in [-0.39, 0.29) is 18.9 Å². The summed E-state index contributed by atoms with van der Waals surface area (Å²) in [6, 6.07) is 0. The molecule has 0 radical (unpaired) electrons. The molecule has 0 bridgehead atoms. The smallest absolute Gasteiger partial charge is 0.305 e. The molecule has 0 aromatic heterocycles. The van der Waals surface area contributed by atoms with Crippen LogP contribution in [0.3, 0.4) is 0 Å². The van der Waals surface area contributed by atoms with E-state index in [4.69, 9.17) is 14.2 Å². The molecule has 0 amide bonds. The third-order valence-electron chi connectivity index (χ3n) is 9.80. The SMILES string of the molecule is CCCCCCCCCOC(=O)CCCCCCCN(CCO)CCCCCCCCCC(OCCCCCCC)OCCCCCCC. The van der Waals surface area contributed by atoms with Crippen LogP contribution >= 0.6 is 0 Å². The first kappa shape index (κ1) is 48.3. The summed E-state index contributed by atoms with van der Waals surface area (Å²) in [5.41, 5.74) is 0. The lowest BCUT2D eigenvalue weighted by atomic mass is 10.1. The number of aliphatic hydroxyl groups is 1. The molecule has 0 fully saturated rings. The van der Waals surface area contributed by atoms with Crippen molar-refractivity contribution in [3.8, 4) is 0 Å². The first-order chi connectivity index (χ1) is 24.2. The lowest BCUT2D eigenvalue weighted by molar-refractivity contribution is -0.148. The van der Waals surface area contributed by atoms with Gasteiger partial charge >= 0.3 is 5.97 Å². The molecule has 0 aliphatic heterocycles. The van der Waals surface area contributed by atoms with Crippen molar-refractivity contribution in [3.63, 3.8) is 0 Å². The molecule has 0 saturated carbocycles. The molecule has 6 nitrogen and oxygen atoms in total. The number of hydrogen-bond acceptors (Lipinski definition) is 6. The molecule has 0 aromatic carbocycles. The average molecular weight is 698 g/mol. The molecular weight excluding hydrogens is 610 g/mol. The van der Waals surface area contributed by atoms with Gasteiger partial charge in [-0.25, -0.2) is 0 Å². The van der Waals surface area contributed by atoms with Gasteiger partial charge in [0.2, 0.25) is 0 Å². The van der Waals surface area contributed by atoms with E-state index in [1.165, 1.54) is 154 Å². The Labute approximate surface area is 306 Å². The number of carbonyl (C=O) groups is 1. The van der Waals surface area contributed by atoms with Crippen molar-refractivity contribution in [1.29, 1.82) is 0 Å². The molecule has 0 atom stereocenters. The van der Waals surface area contributed by atoms with Crippen LogP contribution in [0.15, 0.2) is 0 Å². The van der Waals surface area contributed by atoms with E-state index >= 15 is 0 Å². The summed E-state index contributed by atoms with van der Waals surface area (Å²) in [5.74, 6) is -0.0180. The first-order valence-corrected chi connectivity index (χ1v) is 21.9. The molecule has 0 spiro atoms. The van der Waals surface area contributed by atoms with Gasteiger partial charge in [0.15, 0.2) is 6.29 Å². The average Bonchev–Trinajstić information content (AvgIpc) is 3.10. The van der Waals surface area contributed by atoms with Gasteiger partial charge in [-0.15, -0.1) is 0 Å². The van der Waals surface area contributed by atoms with E-state index in [2.05, 4.69) is 25.7 Å². The number of unbranched alkanes of at least 4 members (excludes halogenated alkanes) is 24. The van der Waals surface area contributed by atoms with Crippen LogP contribution in [0.4, 0.5) is 0 Å². The lowest BCUT2D eigenvalue weighted by Gasteiger charge is -2.21. The van der Waals surface area contributed by atoms with Gasteiger partial charge in [-0.1, -0.05) is 162 Å². The highest BCUT2D eigenvalue weighted by Crippen LogP contribution is 2.15. The molecule has 0 aliphatic carbocycles. The Kier molecular flexibility index (Phi) is 41.1. The Balaban J connectivity index is 3.82. The van der Waals surface area contributed by atoms with E-state index in [0.717, 1.165) is 71.4 Å². The Bertz CT molecular complexity index is 617. The van der Waals surface area contributed by atoms with E-state index in [0.29, 0.717) is 13.0 Å². The van der Waals surface area contributed by atoms with Crippen LogP contribution in [0.1, 0.15) is 220 Å². The van der Waals surface area contributed by atoms with Crippen molar-refractivity contribution in [2.24, 2.45) is 0 Å². The van der Waals surface area contributed by atoms with Crippen molar-refractivity contribution < 1.29 is 24.1 Å². The second kappa shape index (κ2) is 41.7. The van der Waals surface area contributed by atoms with Gasteiger partial charge in [-0.05, 0) is 64.5 Å². The summed E-state index contributed by atoms with van der Waals surface area (Å²) in [7, 11) is 0. The highest BCUT2D eigenvalue weighted by atomic mass is 16.7. The molecule has 49 heavy (non-hydrogen) atoms. The fraction of sp³-hybridized carbons (Fsp3) is 0.977. The number of esters is 1. The minimum atomic E-state index is -0.0180. The molecule has 1 N–H and O–H groups in total. The molecule has 6 heteroatoms. The molecule has 0 unspecified atom stereocenters. The normalized spacial score (nSPS) is 11.7. The number of ether oxygens (including phenoxy) is 3. The van der Waals surface area contributed by atoms with Crippen LogP contribution in [-0.4, -0.2) is 68.3 Å². The van der Waals surface area contributed by atoms with Gasteiger partial charge < -0.3 is 24.2 Å². The molecule has 0 saturated heterocycles. The van der Waals surface area contributed by atoms with Gasteiger partial charge in [-0.3, -0.25) is 4.79 Å². The molecular formula is C43H87NO5. The van der Waals surface area contributed by atoms with Crippen LogP contribution in [0.5, 0.6) is 0 Å². The van der Waals surface area contributed by atoms with Gasteiger partial charge in [0.05, 0.1) is 13.2 Å². The van der Waals surface area contributed by atoms with Crippen molar-refractivity contribution in [2.75, 3.05) is 46.1 Å². The molecule has 294 valence electrons. The van der Waals surface area contributed by atoms with Gasteiger partial charge in [-0.2, -0.15) is 0 Å². The minimum absolute atomic E-state index is 0.0111. The predicted molar refractivity (Wildman–Crippen MR) is 210 cm³/mol. The highest BCUT2D eigenvalue weighted by Gasteiger charge is 2.10. The van der Waals surface area contributed by atoms with Crippen molar-refractivity contribution >= 4 is 5.97 Å². The summed E-state index contributed by atoms with van der Waals surface area (Å²) < 4.78 is 17.8. The van der Waals surface area contributed by atoms with Crippen LogP contribution in [0.25, 0.3) is 0 Å². The van der Waals surface area contributed by atoms with Crippen LogP contribution in [-0.2, 0) is 19.0 Å². The van der Waals surface area contributed by atoms with Gasteiger partial charge in [0, 0.05) is 26.2 Å². The van der Waals surface area contributed by atoms with Crippen molar-refractivity contribution in [1.82, 2.24) is 4.90 Å². The van der Waals surface area contributed by atoms with Gasteiger partial charge in [0.1, 0.15) is 0 Å². The largest absolute Gasteiger partial charge is 0.466 e. The fourth-order valence-corrected chi connectivity index (χ4v) is 6.52. The Morgan fingerprint density at radius 1 is 0.469 bits per heavy atom. The Morgan fingerprint density at radius 2 is 0.857 bits per heavy atom. The van der Waals surface area contributed by atoms with E-state index < -0.39 is 0 Å². The minimum Gasteiger partial charge on any atom is -0.466 e. The maximum atomic E-state index is 12.0. The van der Waals surface area contributed by atoms with Crippen LogP contribution in [0, 0.1) is 0 Å². The zero-order chi connectivity index (χ0) is 35.7. The third-order valence-corrected chi connectivity index (χ3v) is 9.80. The summed E-state index contributed by atoms with van der Waals surface area (Å²) in [4.78, 5) is 14.4. The van der Waals surface area contributed by atoms with Crippen LogP contribution in [0.2, 0.25) is 0 Å². The third kappa shape index (κ3) is 38.4. The maximum Gasteiger partial charge on any atom is 0.305 e. The van der Waals surface area contributed by atoms with E-state index in [1.807, 2.05) is 0 Å². The van der Waals surface area contributed by atoms with Gasteiger partial charge in [0.25, 0.3) is 0 Å². The number of carbonyl (C=O) groups excluding carboxylic acids is 1. The summed E-state index contributed by atoms with van der Waals surface area (Å²) >= 11 is 0. The number of hydrogen-bond donors (Lipinski definition) is 1. The Morgan fingerprint density at radius 3 is 1.33 bits per heavy atom. The van der Waals surface area contributed by atoms with E-state index in [9.17, 15) is 9.90 Å². The molecule has 0 aliphatic rings. The number of nitrogens with zero attached hydrogens (tertiary/aromatic N) is 1. The van der Waals surface area contributed by atoms with Crippen molar-refractivity contribution in [2.45, 2.75) is 226 Å². The summed E-state index contributed by atoms with van der Waals surface area (Å²) in [5, 5.41) is 9.54.